The lowest BCUT2D eigenvalue weighted by Crippen LogP contribution is -2.10. The van der Waals surface area contributed by atoms with Gasteiger partial charge in [0.05, 0.1) is 0 Å². The molecule has 2 N–H and O–H groups in total. The Bertz CT molecular complexity index is 266. The monoisotopic (exact) mass is 178 g/mol. The molecule has 0 spiro atoms. The SMILES string of the molecule is CC(C)(C)c1ccccc1.N=[N+]=N. The topological polar surface area (TPSA) is 61.8 Å². The van der Waals surface area contributed by atoms with E-state index in [0.717, 1.165) is 0 Å². The summed E-state index contributed by atoms with van der Waals surface area (Å²) in [7, 11) is 0. The molecule has 3 nitrogen and oxygen atoms in total. The minimum atomic E-state index is 0.293. The number of benzene rings is 1. The molecule has 0 unspecified atom stereocenters. The van der Waals surface area contributed by atoms with Gasteiger partial charge in [0.25, 0.3) is 0 Å². The maximum absolute atomic E-state index is 5.50. The van der Waals surface area contributed by atoms with E-state index in [1.807, 2.05) is 4.91 Å². The van der Waals surface area contributed by atoms with Gasteiger partial charge in [-0.3, -0.25) is 0 Å². The van der Waals surface area contributed by atoms with Crippen molar-refractivity contribution in [2.45, 2.75) is 26.2 Å². The summed E-state index contributed by atoms with van der Waals surface area (Å²) in [5, 5.41) is 0. The molecular formula is C10H16N3+. The highest BCUT2D eigenvalue weighted by Crippen LogP contribution is 2.20. The minimum absolute atomic E-state index is 0.293. The highest BCUT2D eigenvalue weighted by atomic mass is 15.0. The predicted octanol–water partition coefficient (Wildman–Crippen LogP) is 3.10. The fourth-order valence-corrected chi connectivity index (χ4v) is 0.938. The van der Waals surface area contributed by atoms with Crippen molar-refractivity contribution in [3.63, 3.8) is 0 Å². The standard InChI is InChI=1S/C10H14.H2N3/c1-10(2,3)9-7-5-4-6-8-9;1-3-2/h4-8H,1-3H3;1-2H/q;+1. The van der Waals surface area contributed by atoms with Crippen LogP contribution in [-0.2, 0) is 5.41 Å². The Morgan fingerprint density at radius 1 is 1.00 bits per heavy atom. The lowest BCUT2D eigenvalue weighted by Gasteiger charge is -2.18. The van der Waals surface area contributed by atoms with E-state index in [0.29, 0.717) is 5.41 Å². The van der Waals surface area contributed by atoms with Gasteiger partial charge in [-0.05, 0) is 11.0 Å². The second-order valence-corrected chi connectivity index (χ2v) is 3.73. The van der Waals surface area contributed by atoms with Crippen LogP contribution in [0, 0.1) is 11.1 Å². The summed E-state index contributed by atoms with van der Waals surface area (Å²) < 4.78 is 0. The maximum atomic E-state index is 5.50. The third-order valence-electron chi connectivity index (χ3n) is 1.64. The summed E-state index contributed by atoms with van der Waals surface area (Å²) in [4.78, 5) is 2.00. The Balaban J connectivity index is 0.000000424. The third-order valence-corrected chi connectivity index (χ3v) is 1.64. The van der Waals surface area contributed by atoms with Gasteiger partial charge in [0.15, 0.2) is 0 Å². The molecule has 0 radical (unpaired) electrons. The second-order valence-electron chi connectivity index (χ2n) is 3.73. The van der Waals surface area contributed by atoms with Gasteiger partial charge in [-0.2, -0.15) is 0 Å². The van der Waals surface area contributed by atoms with Crippen LogP contribution in [-0.4, -0.2) is 0 Å². The molecule has 70 valence electrons. The molecule has 1 aromatic carbocycles. The van der Waals surface area contributed by atoms with Crippen LogP contribution in [0.2, 0.25) is 0 Å². The zero-order chi connectivity index (χ0) is 10.3. The van der Waals surface area contributed by atoms with Gasteiger partial charge in [-0.15, -0.1) is 0 Å². The van der Waals surface area contributed by atoms with E-state index in [-0.39, 0.29) is 0 Å². The van der Waals surface area contributed by atoms with Gasteiger partial charge in [-0.25, -0.2) is 0 Å². The fraction of sp³-hybridized carbons (Fsp3) is 0.400. The second kappa shape index (κ2) is 5.22. The van der Waals surface area contributed by atoms with E-state index >= 15 is 0 Å². The molecule has 13 heavy (non-hydrogen) atoms. The van der Waals surface area contributed by atoms with Gasteiger partial charge in [-0.1, -0.05) is 51.1 Å². The van der Waals surface area contributed by atoms with Crippen molar-refractivity contribution in [1.29, 1.82) is 11.1 Å². The van der Waals surface area contributed by atoms with Crippen LogP contribution in [0.3, 0.4) is 0 Å². The van der Waals surface area contributed by atoms with Crippen LogP contribution < -0.4 is 4.91 Å². The normalized spacial score (nSPS) is 9.46. The molecule has 0 heterocycles. The summed E-state index contributed by atoms with van der Waals surface area (Å²) in [6, 6.07) is 10.6. The molecule has 0 aliphatic rings. The van der Waals surface area contributed by atoms with Crippen molar-refractivity contribution in [2.75, 3.05) is 0 Å². The number of nitrogens with zero attached hydrogens (tertiary/aromatic N) is 1. The van der Waals surface area contributed by atoms with E-state index in [1.54, 1.807) is 0 Å². The molecule has 0 saturated heterocycles. The summed E-state index contributed by atoms with van der Waals surface area (Å²) in [6.45, 7) is 6.67. The highest BCUT2D eigenvalue weighted by Gasteiger charge is 2.11. The fourth-order valence-electron chi connectivity index (χ4n) is 0.938. The predicted molar refractivity (Wildman–Crippen MR) is 52.7 cm³/mol. The Morgan fingerprint density at radius 2 is 1.38 bits per heavy atom. The third kappa shape index (κ3) is 4.88. The largest absolute Gasteiger partial charge is 0.211 e. The zero-order valence-corrected chi connectivity index (χ0v) is 8.33. The Labute approximate surface area is 78.8 Å². The maximum Gasteiger partial charge on any atom is 0.211 e. The molecule has 1 aromatic rings. The molecule has 0 aliphatic carbocycles. The number of nitrogens with one attached hydrogen (secondary N) is 2. The van der Waals surface area contributed by atoms with Gasteiger partial charge >= 0.3 is 0 Å². The summed E-state index contributed by atoms with van der Waals surface area (Å²) in [5.41, 5.74) is 12.7. The first-order valence-electron chi connectivity index (χ1n) is 4.11. The minimum Gasteiger partial charge on any atom is -0.0622 e. The number of rotatable bonds is 0. The van der Waals surface area contributed by atoms with Crippen molar-refractivity contribution >= 4 is 0 Å². The lowest BCUT2D eigenvalue weighted by molar-refractivity contribution is 0.590. The molecule has 0 aliphatic heterocycles. The first kappa shape index (κ1) is 11.5. The van der Waals surface area contributed by atoms with Gasteiger partial charge in [0.2, 0.25) is 4.91 Å². The van der Waals surface area contributed by atoms with Crippen LogP contribution in [0.1, 0.15) is 26.3 Å². The average Bonchev–Trinajstić information content (AvgIpc) is 2.06. The average molecular weight is 178 g/mol. The van der Waals surface area contributed by atoms with Crippen LogP contribution in [0.25, 0.3) is 0 Å². The zero-order valence-electron chi connectivity index (χ0n) is 8.33. The first-order valence-corrected chi connectivity index (χ1v) is 4.11. The summed E-state index contributed by atoms with van der Waals surface area (Å²) in [6.07, 6.45) is 0. The van der Waals surface area contributed by atoms with E-state index < -0.39 is 0 Å². The van der Waals surface area contributed by atoms with Crippen molar-refractivity contribution in [3.8, 4) is 0 Å². The quantitative estimate of drug-likeness (QED) is 0.453. The molecule has 3 heteroatoms. The van der Waals surface area contributed by atoms with Crippen LogP contribution in [0.15, 0.2) is 30.3 Å². The molecule has 0 bridgehead atoms. The van der Waals surface area contributed by atoms with E-state index in [2.05, 4.69) is 51.1 Å². The lowest BCUT2D eigenvalue weighted by atomic mass is 9.87. The summed E-state index contributed by atoms with van der Waals surface area (Å²) in [5.74, 6) is 0. The molecule has 0 aromatic heterocycles. The van der Waals surface area contributed by atoms with Gasteiger partial charge in [0, 0.05) is 0 Å². The Morgan fingerprint density at radius 3 is 1.62 bits per heavy atom. The number of hydrogen-bond donors (Lipinski definition) is 2. The Hall–Kier alpha value is -1.47. The molecule has 0 amide bonds. The smallest absolute Gasteiger partial charge is 0.0622 e. The van der Waals surface area contributed by atoms with Crippen LogP contribution in [0.5, 0.6) is 0 Å². The van der Waals surface area contributed by atoms with Crippen molar-refractivity contribution in [3.05, 3.63) is 35.9 Å². The van der Waals surface area contributed by atoms with Crippen molar-refractivity contribution < 1.29 is 0 Å². The molecule has 1 rings (SSSR count). The van der Waals surface area contributed by atoms with E-state index in [4.69, 9.17) is 11.1 Å². The highest BCUT2D eigenvalue weighted by molar-refractivity contribution is 5.21. The van der Waals surface area contributed by atoms with E-state index in [1.165, 1.54) is 5.56 Å². The van der Waals surface area contributed by atoms with Gasteiger partial charge in [0.1, 0.15) is 11.1 Å². The van der Waals surface area contributed by atoms with Crippen molar-refractivity contribution in [1.82, 2.24) is 4.91 Å². The van der Waals surface area contributed by atoms with Crippen LogP contribution >= 0.6 is 0 Å². The van der Waals surface area contributed by atoms with Crippen molar-refractivity contribution in [2.24, 2.45) is 0 Å². The van der Waals surface area contributed by atoms with Gasteiger partial charge < -0.3 is 0 Å². The first-order chi connectivity index (χ1) is 6.02. The molecule has 0 fully saturated rings. The molecule has 0 saturated carbocycles. The Kier molecular flexibility index (Phi) is 4.63. The number of hydrogen-bond acceptors (Lipinski definition) is 2. The van der Waals surface area contributed by atoms with Crippen LogP contribution in [0.4, 0.5) is 0 Å². The molecular weight excluding hydrogens is 162 g/mol. The molecule has 0 atom stereocenters. The van der Waals surface area contributed by atoms with E-state index in [9.17, 15) is 0 Å². The summed E-state index contributed by atoms with van der Waals surface area (Å²) >= 11 is 0.